The van der Waals surface area contributed by atoms with Crippen LogP contribution in [0.5, 0.6) is 0 Å². The summed E-state index contributed by atoms with van der Waals surface area (Å²) < 4.78 is 39.0. The Kier molecular flexibility index (Phi) is 7.53. The van der Waals surface area contributed by atoms with E-state index in [1.807, 2.05) is 17.5 Å². The number of carbonyl (C=O) groups is 3. The number of hydrogen-bond donors (Lipinski definition) is 2. The summed E-state index contributed by atoms with van der Waals surface area (Å²) in [5, 5.41) is 7.33. The molecule has 39 heavy (non-hydrogen) atoms. The molecule has 0 radical (unpaired) electrons. The van der Waals surface area contributed by atoms with Crippen LogP contribution in [0.3, 0.4) is 0 Å². The number of carbonyl (C=O) groups excluding carboxylic acids is 3. The predicted octanol–water partition coefficient (Wildman–Crippen LogP) is 4.80. The van der Waals surface area contributed by atoms with Gasteiger partial charge >= 0.3 is 6.18 Å². The second kappa shape index (κ2) is 11.0. The van der Waals surface area contributed by atoms with E-state index in [0.29, 0.717) is 23.6 Å². The maximum atomic E-state index is 13.3. The molecule has 0 bridgehead atoms. The van der Waals surface area contributed by atoms with E-state index in [0.717, 1.165) is 28.8 Å². The fourth-order valence-corrected chi connectivity index (χ4v) is 5.42. The van der Waals surface area contributed by atoms with Gasteiger partial charge in [0.15, 0.2) is 5.17 Å². The van der Waals surface area contributed by atoms with Gasteiger partial charge in [-0.3, -0.25) is 19.4 Å². The number of alkyl halides is 3. The van der Waals surface area contributed by atoms with Gasteiger partial charge in [0.25, 0.3) is 5.91 Å². The Morgan fingerprint density at radius 2 is 1.87 bits per heavy atom. The lowest BCUT2D eigenvalue weighted by Crippen LogP contribution is -2.42. The van der Waals surface area contributed by atoms with Crippen molar-refractivity contribution in [1.29, 1.82) is 0 Å². The minimum Gasteiger partial charge on any atom is -0.351 e. The number of aliphatic imine (C=N–C) groups is 2. The van der Waals surface area contributed by atoms with Gasteiger partial charge in [-0.1, -0.05) is 36.0 Å². The highest BCUT2D eigenvalue weighted by Crippen LogP contribution is 2.34. The minimum atomic E-state index is -4.54. The Morgan fingerprint density at radius 1 is 1.05 bits per heavy atom. The van der Waals surface area contributed by atoms with Gasteiger partial charge in [-0.25, -0.2) is 9.89 Å². The number of hydrogen-bond acceptors (Lipinski definition) is 7. The van der Waals surface area contributed by atoms with Gasteiger partial charge in [0.1, 0.15) is 11.9 Å². The summed E-state index contributed by atoms with van der Waals surface area (Å²) in [6, 6.07) is 14.2. The number of thiophene rings is 1. The first-order valence-corrected chi connectivity index (χ1v) is 13.5. The number of fused-ring (bicyclic) bond motifs is 3. The molecule has 200 valence electrons. The first kappa shape index (κ1) is 26.6. The molecule has 1 atom stereocenters. The van der Waals surface area contributed by atoms with Crippen molar-refractivity contribution in [2.45, 2.75) is 25.2 Å². The number of halogens is 3. The zero-order chi connectivity index (χ0) is 27.6. The molecule has 0 spiro atoms. The molecular formula is C26H20F3N5O3S2. The second-order valence-electron chi connectivity index (χ2n) is 8.53. The zero-order valence-electron chi connectivity index (χ0n) is 20.1. The lowest BCUT2D eigenvalue weighted by Gasteiger charge is -2.25. The number of amides is 3. The summed E-state index contributed by atoms with van der Waals surface area (Å²) in [6.45, 7) is 0.351. The van der Waals surface area contributed by atoms with Gasteiger partial charge in [-0.15, -0.1) is 11.3 Å². The number of nitrogens with one attached hydrogen (secondary N) is 2. The van der Waals surface area contributed by atoms with Crippen molar-refractivity contribution in [3.63, 3.8) is 0 Å². The molecule has 8 nitrogen and oxygen atoms in total. The van der Waals surface area contributed by atoms with Crippen molar-refractivity contribution in [1.82, 2.24) is 10.2 Å². The lowest BCUT2D eigenvalue weighted by atomic mass is 10.1. The quantitative estimate of drug-likeness (QED) is 0.425. The predicted molar refractivity (Wildman–Crippen MR) is 144 cm³/mol. The van der Waals surface area contributed by atoms with E-state index in [1.165, 1.54) is 28.4 Å². The Labute approximate surface area is 229 Å². The highest BCUT2D eigenvalue weighted by atomic mass is 32.2. The van der Waals surface area contributed by atoms with Gasteiger partial charge in [0.05, 0.1) is 30.0 Å². The summed E-state index contributed by atoms with van der Waals surface area (Å²) >= 11 is 2.46. The summed E-state index contributed by atoms with van der Waals surface area (Å²) in [5.74, 6) is -1.24. The molecular weight excluding hydrogens is 551 g/mol. The molecule has 2 aliphatic rings. The first-order valence-electron chi connectivity index (χ1n) is 11.7. The molecule has 2 N–H and O–H groups in total. The Bertz CT molecular complexity index is 1490. The van der Waals surface area contributed by atoms with Gasteiger partial charge in [0.2, 0.25) is 11.8 Å². The van der Waals surface area contributed by atoms with Crippen LogP contribution in [0.2, 0.25) is 0 Å². The number of para-hydroxylation sites is 1. The maximum Gasteiger partial charge on any atom is 0.416 e. The van der Waals surface area contributed by atoms with E-state index >= 15 is 0 Å². The van der Waals surface area contributed by atoms with Crippen molar-refractivity contribution >= 4 is 63.2 Å². The molecule has 0 saturated carbocycles. The van der Waals surface area contributed by atoms with Gasteiger partial charge in [-0.2, -0.15) is 13.2 Å². The monoisotopic (exact) mass is 571 g/mol. The molecule has 2 aliphatic heterocycles. The van der Waals surface area contributed by atoms with E-state index in [9.17, 15) is 27.6 Å². The number of anilines is 1. The van der Waals surface area contributed by atoms with Crippen LogP contribution in [0, 0.1) is 0 Å². The average Bonchev–Trinajstić information content (AvgIpc) is 3.54. The molecule has 0 aliphatic carbocycles. The maximum absolute atomic E-state index is 13.3. The molecule has 1 aromatic heterocycles. The minimum absolute atomic E-state index is 0.000483. The third-order valence-electron chi connectivity index (χ3n) is 5.77. The summed E-state index contributed by atoms with van der Waals surface area (Å²) in [7, 11) is 0. The summed E-state index contributed by atoms with van der Waals surface area (Å²) in [5.41, 5.74) is 0.281. The Balaban J connectivity index is 1.28. The first-order chi connectivity index (χ1) is 18.7. The highest BCUT2D eigenvalue weighted by molar-refractivity contribution is 8.14. The van der Waals surface area contributed by atoms with Crippen LogP contribution in [0.15, 0.2) is 76.0 Å². The number of benzene rings is 2. The third-order valence-corrected chi connectivity index (χ3v) is 7.59. The molecule has 3 amide bonds. The molecule has 3 aromatic rings. The smallest absolute Gasteiger partial charge is 0.351 e. The molecule has 5 rings (SSSR count). The molecule has 0 fully saturated rings. The topological polar surface area (TPSA) is 103 Å². The molecule has 13 heteroatoms. The SMILES string of the molecule is O=C(C[C@@H]1N=C2c3ccccc3N=C(SCC(=O)Nc3cccc(C(F)(F)F)c3)N2C1=O)NCc1cccs1. The van der Waals surface area contributed by atoms with Crippen LogP contribution in [-0.4, -0.2) is 45.4 Å². The number of nitrogens with zero attached hydrogens (tertiary/aromatic N) is 3. The largest absolute Gasteiger partial charge is 0.416 e. The number of amidine groups is 2. The van der Waals surface area contributed by atoms with E-state index in [4.69, 9.17) is 0 Å². The van der Waals surface area contributed by atoms with E-state index in [2.05, 4.69) is 20.6 Å². The molecule has 3 heterocycles. The van der Waals surface area contributed by atoms with Crippen LogP contribution in [0.25, 0.3) is 0 Å². The van der Waals surface area contributed by atoms with Crippen LogP contribution in [0.1, 0.15) is 22.4 Å². The van der Waals surface area contributed by atoms with E-state index in [1.54, 1.807) is 24.3 Å². The number of thioether (sulfide) groups is 1. The molecule has 2 aromatic carbocycles. The number of rotatable bonds is 7. The summed E-state index contributed by atoms with van der Waals surface area (Å²) in [4.78, 5) is 49.8. The van der Waals surface area contributed by atoms with Crippen molar-refractivity contribution in [2.24, 2.45) is 9.98 Å². The van der Waals surface area contributed by atoms with Crippen molar-refractivity contribution in [3.8, 4) is 0 Å². The van der Waals surface area contributed by atoms with E-state index in [-0.39, 0.29) is 28.9 Å². The van der Waals surface area contributed by atoms with Gasteiger partial charge in [0, 0.05) is 16.1 Å². The van der Waals surface area contributed by atoms with Crippen LogP contribution >= 0.6 is 23.1 Å². The zero-order valence-corrected chi connectivity index (χ0v) is 21.7. The third kappa shape index (κ3) is 6.04. The van der Waals surface area contributed by atoms with E-state index < -0.39 is 29.6 Å². The van der Waals surface area contributed by atoms with Crippen molar-refractivity contribution in [2.75, 3.05) is 11.1 Å². The van der Waals surface area contributed by atoms with Gasteiger partial charge < -0.3 is 10.6 Å². The van der Waals surface area contributed by atoms with Crippen LogP contribution < -0.4 is 10.6 Å². The lowest BCUT2D eigenvalue weighted by molar-refractivity contribution is -0.137. The highest BCUT2D eigenvalue weighted by Gasteiger charge is 2.42. The Morgan fingerprint density at radius 3 is 2.64 bits per heavy atom. The van der Waals surface area contributed by atoms with Crippen molar-refractivity contribution < 1.29 is 27.6 Å². The average molecular weight is 572 g/mol. The molecule has 0 saturated heterocycles. The second-order valence-corrected chi connectivity index (χ2v) is 10.5. The molecule has 0 unspecified atom stereocenters. The van der Waals surface area contributed by atoms with Crippen molar-refractivity contribution in [3.05, 3.63) is 82.0 Å². The fourth-order valence-electron chi connectivity index (χ4n) is 3.98. The van der Waals surface area contributed by atoms with Crippen LogP contribution in [0.4, 0.5) is 24.5 Å². The Hall–Kier alpha value is -3.97. The summed E-state index contributed by atoms with van der Waals surface area (Å²) in [6.07, 6.45) is -4.69. The standard InChI is InChI=1S/C26H20F3N5O3S2/c27-26(28,29)15-5-3-6-16(11-15)31-22(36)14-39-25-33-19-9-2-1-8-18(19)23-32-20(24(37)34(23)25)12-21(35)30-13-17-7-4-10-38-17/h1-11,20H,12-14H2,(H,30,35)(H,31,36)/t20-/m0/s1. The normalized spacial score (nSPS) is 16.2. The van der Waals surface area contributed by atoms with Crippen LogP contribution in [-0.2, 0) is 27.1 Å². The van der Waals surface area contributed by atoms with Gasteiger partial charge in [-0.05, 0) is 41.8 Å². The fraction of sp³-hybridized carbons (Fsp3) is 0.192.